The molecular formula is C23H20F2N2O3S2. The van der Waals surface area contributed by atoms with E-state index < -0.39 is 27.1 Å². The highest BCUT2D eigenvalue weighted by Crippen LogP contribution is 2.37. The molecule has 0 aliphatic heterocycles. The maximum absolute atomic E-state index is 13.9. The first-order valence-electron chi connectivity index (χ1n) is 9.62. The molecule has 0 saturated heterocycles. The molecule has 0 unspecified atom stereocenters. The molecule has 0 amide bonds. The number of benzene rings is 2. The minimum absolute atomic E-state index is 0.182. The third-order valence-corrected chi connectivity index (χ3v) is 7.10. The molecule has 0 atom stereocenters. The smallest absolute Gasteiger partial charge is 0.175 e. The zero-order valence-corrected chi connectivity index (χ0v) is 19.1. The molecule has 4 aromatic rings. The Morgan fingerprint density at radius 2 is 1.62 bits per heavy atom. The van der Waals surface area contributed by atoms with Crippen LogP contribution in [0.5, 0.6) is 0 Å². The van der Waals surface area contributed by atoms with Crippen LogP contribution in [0.1, 0.15) is 19.5 Å². The fourth-order valence-corrected chi connectivity index (χ4v) is 4.90. The molecule has 4 rings (SSSR count). The van der Waals surface area contributed by atoms with Gasteiger partial charge >= 0.3 is 0 Å². The third kappa shape index (κ3) is 4.50. The van der Waals surface area contributed by atoms with Crippen molar-refractivity contribution < 1.29 is 22.3 Å². The summed E-state index contributed by atoms with van der Waals surface area (Å²) in [6.07, 6.45) is 1.15. The molecule has 0 bridgehead atoms. The lowest BCUT2D eigenvalue weighted by molar-refractivity contribution is 0.0734. The van der Waals surface area contributed by atoms with Crippen molar-refractivity contribution in [2.45, 2.75) is 24.3 Å². The average Bonchev–Trinajstić information content (AvgIpc) is 3.34. The van der Waals surface area contributed by atoms with Crippen LogP contribution in [0.4, 0.5) is 8.78 Å². The number of halogens is 2. The Labute approximate surface area is 188 Å². The summed E-state index contributed by atoms with van der Waals surface area (Å²) in [5, 5.41) is 14.8. The molecule has 0 radical (unpaired) electrons. The van der Waals surface area contributed by atoms with E-state index >= 15 is 0 Å². The molecule has 2 heterocycles. The van der Waals surface area contributed by atoms with E-state index in [1.165, 1.54) is 22.1 Å². The minimum Gasteiger partial charge on any atom is -0.384 e. The molecule has 0 aliphatic carbocycles. The van der Waals surface area contributed by atoms with Crippen LogP contribution in [0, 0.1) is 11.6 Å². The van der Waals surface area contributed by atoms with Crippen molar-refractivity contribution in [2.75, 3.05) is 6.26 Å². The molecule has 0 saturated carbocycles. The van der Waals surface area contributed by atoms with Gasteiger partial charge in [-0.05, 0) is 61.9 Å². The fraction of sp³-hybridized carbons (Fsp3) is 0.174. The number of aromatic nitrogens is 2. The summed E-state index contributed by atoms with van der Waals surface area (Å²) in [7, 11) is -3.35. The molecule has 2 aromatic heterocycles. The second-order valence-corrected chi connectivity index (χ2v) is 11.1. The fourth-order valence-electron chi connectivity index (χ4n) is 3.22. The van der Waals surface area contributed by atoms with Crippen molar-refractivity contribution in [1.29, 1.82) is 0 Å². The molecule has 0 aliphatic rings. The SMILES string of the molecule is CC(C)(O)c1cc(-c2ccc(-c3cccc(S(C)(=O)=O)c3)s2)n(-c2cc(F)cc(F)c2)n1. The van der Waals surface area contributed by atoms with Crippen LogP contribution < -0.4 is 0 Å². The predicted molar refractivity (Wildman–Crippen MR) is 121 cm³/mol. The highest BCUT2D eigenvalue weighted by Gasteiger charge is 2.24. The summed E-state index contributed by atoms with van der Waals surface area (Å²) in [4.78, 5) is 1.76. The topological polar surface area (TPSA) is 72.2 Å². The molecule has 9 heteroatoms. The van der Waals surface area contributed by atoms with E-state index in [1.807, 2.05) is 18.2 Å². The van der Waals surface area contributed by atoms with Gasteiger partial charge in [-0.3, -0.25) is 0 Å². The van der Waals surface area contributed by atoms with Crippen LogP contribution in [-0.4, -0.2) is 29.6 Å². The summed E-state index contributed by atoms with van der Waals surface area (Å²) in [5.74, 6) is -1.48. The zero-order valence-electron chi connectivity index (χ0n) is 17.5. The second kappa shape index (κ2) is 7.91. The molecule has 5 nitrogen and oxygen atoms in total. The van der Waals surface area contributed by atoms with Crippen molar-refractivity contribution >= 4 is 21.2 Å². The van der Waals surface area contributed by atoms with Crippen LogP contribution in [-0.2, 0) is 15.4 Å². The van der Waals surface area contributed by atoms with Gasteiger partial charge in [-0.2, -0.15) is 5.10 Å². The van der Waals surface area contributed by atoms with Gasteiger partial charge in [0.15, 0.2) is 9.84 Å². The van der Waals surface area contributed by atoms with Crippen LogP contribution in [0.25, 0.3) is 26.7 Å². The number of sulfone groups is 1. The van der Waals surface area contributed by atoms with E-state index in [9.17, 15) is 22.3 Å². The van der Waals surface area contributed by atoms with Crippen LogP contribution in [0.3, 0.4) is 0 Å². The van der Waals surface area contributed by atoms with Gasteiger partial charge in [-0.1, -0.05) is 12.1 Å². The third-order valence-electron chi connectivity index (χ3n) is 4.83. The van der Waals surface area contributed by atoms with Gasteiger partial charge in [0.1, 0.15) is 17.2 Å². The molecule has 32 heavy (non-hydrogen) atoms. The van der Waals surface area contributed by atoms with Crippen molar-refractivity contribution in [3.8, 4) is 26.7 Å². The van der Waals surface area contributed by atoms with Crippen LogP contribution in [0.2, 0.25) is 0 Å². The summed E-state index contributed by atoms with van der Waals surface area (Å²) in [6.45, 7) is 3.15. The normalized spacial score (nSPS) is 12.3. The molecule has 0 spiro atoms. The van der Waals surface area contributed by atoms with E-state index in [0.29, 0.717) is 11.4 Å². The largest absolute Gasteiger partial charge is 0.384 e. The number of thiophene rings is 1. The van der Waals surface area contributed by atoms with Gasteiger partial charge in [0.2, 0.25) is 0 Å². The minimum atomic E-state index is -3.35. The first kappa shape index (κ1) is 22.3. The average molecular weight is 475 g/mol. The summed E-state index contributed by atoms with van der Waals surface area (Å²) in [6, 6.07) is 15.1. The Morgan fingerprint density at radius 3 is 2.25 bits per heavy atom. The van der Waals surface area contributed by atoms with Gasteiger partial charge in [-0.15, -0.1) is 11.3 Å². The van der Waals surface area contributed by atoms with Gasteiger partial charge < -0.3 is 5.11 Å². The Hall–Kier alpha value is -2.88. The molecule has 166 valence electrons. The lowest BCUT2D eigenvalue weighted by atomic mass is 10.1. The Bertz CT molecular complexity index is 1400. The predicted octanol–water partition coefficient (Wildman–Crippen LogP) is 5.18. The van der Waals surface area contributed by atoms with Crippen molar-refractivity contribution in [2.24, 2.45) is 0 Å². The highest BCUT2D eigenvalue weighted by molar-refractivity contribution is 7.90. The second-order valence-electron chi connectivity index (χ2n) is 7.98. The lowest BCUT2D eigenvalue weighted by Gasteiger charge is -2.13. The molecular weight excluding hydrogens is 454 g/mol. The lowest BCUT2D eigenvalue weighted by Crippen LogP contribution is -2.16. The van der Waals surface area contributed by atoms with Crippen LogP contribution in [0.15, 0.2) is 65.6 Å². The Morgan fingerprint density at radius 1 is 0.969 bits per heavy atom. The Balaban J connectivity index is 1.84. The van der Waals surface area contributed by atoms with Gasteiger partial charge in [-0.25, -0.2) is 21.9 Å². The zero-order chi connectivity index (χ0) is 23.3. The maximum Gasteiger partial charge on any atom is 0.175 e. The summed E-state index contributed by atoms with van der Waals surface area (Å²) < 4.78 is 52.9. The molecule has 1 N–H and O–H groups in total. The van der Waals surface area contributed by atoms with E-state index in [4.69, 9.17) is 0 Å². The van der Waals surface area contributed by atoms with Gasteiger partial charge in [0, 0.05) is 17.2 Å². The number of rotatable bonds is 5. The number of hydrogen-bond donors (Lipinski definition) is 1. The van der Waals surface area contributed by atoms with Gasteiger partial charge in [0.05, 0.1) is 26.8 Å². The number of nitrogens with zero attached hydrogens (tertiary/aromatic N) is 2. The Kier molecular flexibility index (Phi) is 5.52. The van der Waals surface area contributed by atoms with Crippen molar-refractivity contribution in [3.05, 3.63) is 78.0 Å². The summed E-state index contributed by atoms with van der Waals surface area (Å²) >= 11 is 1.37. The van der Waals surface area contributed by atoms with E-state index in [2.05, 4.69) is 5.10 Å². The quantitative estimate of drug-likeness (QED) is 0.433. The first-order valence-corrected chi connectivity index (χ1v) is 12.3. The highest BCUT2D eigenvalue weighted by atomic mass is 32.2. The number of aliphatic hydroxyl groups is 1. The van der Waals surface area contributed by atoms with Crippen molar-refractivity contribution in [1.82, 2.24) is 9.78 Å². The molecule has 0 fully saturated rings. The van der Waals surface area contributed by atoms with Crippen molar-refractivity contribution in [3.63, 3.8) is 0 Å². The number of hydrogen-bond acceptors (Lipinski definition) is 5. The summed E-state index contributed by atoms with van der Waals surface area (Å²) in [5.41, 5.74) is 0.529. The van der Waals surface area contributed by atoms with E-state index in [0.717, 1.165) is 39.8 Å². The van der Waals surface area contributed by atoms with Crippen LogP contribution >= 0.6 is 11.3 Å². The van der Waals surface area contributed by atoms with E-state index in [-0.39, 0.29) is 10.6 Å². The maximum atomic E-state index is 13.9. The monoisotopic (exact) mass is 474 g/mol. The standard InChI is InChI=1S/C23H20F2N2O3S2/c1-23(2,28)22-13-19(27(26-22)17-11-15(24)10-16(25)12-17)21-8-7-20(31-21)14-5-4-6-18(9-14)32(3,29)30/h4-13,28H,1-3H3. The van der Waals surface area contributed by atoms with E-state index in [1.54, 1.807) is 32.0 Å². The van der Waals surface area contributed by atoms with Gasteiger partial charge in [0.25, 0.3) is 0 Å². The molecule has 2 aromatic carbocycles. The first-order chi connectivity index (χ1) is 14.9.